The summed E-state index contributed by atoms with van der Waals surface area (Å²) in [4.78, 5) is 24.1. The molecule has 0 fully saturated rings. The first kappa shape index (κ1) is 15.9. The molecule has 1 unspecified atom stereocenters. The lowest BCUT2D eigenvalue weighted by Gasteiger charge is -2.18. The molecule has 1 aromatic heterocycles. The van der Waals surface area contributed by atoms with Gasteiger partial charge in [-0.1, -0.05) is 5.21 Å². The van der Waals surface area contributed by atoms with Gasteiger partial charge in [-0.3, -0.25) is 0 Å². The number of nitrogens with zero attached hydrogens (tertiary/aromatic N) is 4. The molecule has 3 N–H and O–H groups in total. The SMILES string of the molecule is CC(CN(C)C)NC(=O)NCCn1cc(C(=O)O)nn1. The van der Waals surface area contributed by atoms with E-state index in [-0.39, 0.29) is 17.8 Å². The van der Waals surface area contributed by atoms with Crippen molar-refractivity contribution in [2.24, 2.45) is 0 Å². The van der Waals surface area contributed by atoms with E-state index in [1.165, 1.54) is 10.9 Å². The molecule has 1 atom stereocenters. The Morgan fingerprint density at radius 3 is 2.75 bits per heavy atom. The Labute approximate surface area is 116 Å². The van der Waals surface area contributed by atoms with Gasteiger partial charge in [-0.05, 0) is 21.0 Å². The van der Waals surface area contributed by atoms with Gasteiger partial charge in [0.25, 0.3) is 0 Å². The number of nitrogens with one attached hydrogen (secondary N) is 2. The molecule has 1 heterocycles. The van der Waals surface area contributed by atoms with Gasteiger partial charge in [-0.25, -0.2) is 14.3 Å². The molecule has 9 heteroatoms. The fourth-order valence-corrected chi connectivity index (χ4v) is 1.66. The van der Waals surface area contributed by atoms with Crippen LogP contribution in [0.2, 0.25) is 0 Å². The minimum absolute atomic E-state index is 0.0370. The predicted octanol–water partition coefficient (Wildman–Crippen LogP) is -0.774. The van der Waals surface area contributed by atoms with E-state index in [1.54, 1.807) is 0 Å². The maximum atomic E-state index is 11.6. The van der Waals surface area contributed by atoms with Crippen LogP contribution in [0.3, 0.4) is 0 Å². The lowest BCUT2D eigenvalue weighted by molar-refractivity contribution is 0.0690. The molecule has 2 amide bonds. The number of carbonyl (C=O) groups excluding carboxylic acids is 1. The third-order valence-corrected chi connectivity index (χ3v) is 2.40. The molecule has 0 aromatic carbocycles. The number of carboxylic acids is 1. The number of carbonyl (C=O) groups is 2. The largest absolute Gasteiger partial charge is 0.476 e. The van der Waals surface area contributed by atoms with Gasteiger partial charge < -0.3 is 20.6 Å². The van der Waals surface area contributed by atoms with Gasteiger partial charge in [0.2, 0.25) is 0 Å². The first-order valence-corrected chi connectivity index (χ1v) is 6.21. The van der Waals surface area contributed by atoms with E-state index in [2.05, 4.69) is 20.9 Å². The normalized spacial score (nSPS) is 12.2. The summed E-state index contributed by atoms with van der Waals surface area (Å²) in [5, 5.41) is 21.3. The van der Waals surface area contributed by atoms with Gasteiger partial charge in [-0.2, -0.15) is 0 Å². The summed E-state index contributed by atoms with van der Waals surface area (Å²) in [6, 6.07) is -0.229. The Balaban J connectivity index is 2.26. The van der Waals surface area contributed by atoms with Crippen LogP contribution in [0.4, 0.5) is 4.79 Å². The molecule has 0 aliphatic rings. The van der Waals surface area contributed by atoms with Crippen LogP contribution in [-0.2, 0) is 6.54 Å². The summed E-state index contributed by atoms with van der Waals surface area (Å²) in [6.07, 6.45) is 1.32. The average molecular weight is 284 g/mol. The second-order valence-electron chi connectivity index (χ2n) is 4.74. The molecule has 20 heavy (non-hydrogen) atoms. The van der Waals surface area contributed by atoms with Crippen molar-refractivity contribution >= 4 is 12.0 Å². The van der Waals surface area contributed by atoms with Gasteiger partial charge >= 0.3 is 12.0 Å². The van der Waals surface area contributed by atoms with Gasteiger partial charge in [-0.15, -0.1) is 5.10 Å². The van der Waals surface area contributed by atoms with Crippen LogP contribution < -0.4 is 10.6 Å². The number of hydrogen-bond acceptors (Lipinski definition) is 5. The van der Waals surface area contributed by atoms with E-state index in [4.69, 9.17) is 5.11 Å². The van der Waals surface area contributed by atoms with Crippen molar-refractivity contribution < 1.29 is 14.7 Å². The molecule has 112 valence electrons. The minimum Gasteiger partial charge on any atom is -0.476 e. The predicted molar refractivity (Wildman–Crippen MR) is 71.5 cm³/mol. The van der Waals surface area contributed by atoms with Crippen molar-refractivity contribution in [2.45, 2.75) is 19.5 Å². The number of rotatable bonds is 7. The van der Waals surface area contributed by atoms with Crippen LogP contribution in [0.5, 0.6) is 0 Å². The number of aromatic carboxylic acids is 1. The topological polar surface area (TPSA) is 112 Å². The first-order chi connectivity index (χ1) is 9.38. The molecule has 9 nitrogen and oxygen atoms in total. The second-order valence-corrected chi connectivity index (χ2v) is 4.74. The average Bonchev–Trinajstić information content (AvgIpc) is 2.76. The summed E-state index contributed by atoms with van der Waals surface area (Å²) in [6.45, 7) is 3.35. The standard InChI is InChI=1S/C11H20N6O3/c1-8(6-16(2)3)13-11(20)12-4-5-17-7-9(10(18)19)14-15-17/h7-8H,4-6H2,1-3H3,(H,18,19)(H2,12,13,20). The van der Waals surface area contributed by atoms with Crippen molar-refractivity contribution in [2.75, 3.05) is 27.2 Å². The third-order valence-electron chi connectivity index (χ3n) is 2.40. The number of likely N-dealkylation sites (N-methyl/N-ethyl adjacent to an activating group) is 1. The summed E-state index contributed by atoms with van der Waals surface area (Å²) < 4.78 is 1.37. The van der Waals surface area contributed by atoms with Crippen LogP contribution in [-0.4, -0.2) is 70.2 Å². The fourth-order valence-electron chi connectivity index (χ4n) is 1.66. The number of aromatic nitrogens is 3. The van der Waals surface area contributed by atoms with Crippen molar-refractivity contribution in [1.82, 2.24) is 30.5 Å². The third kappa shape index (κ3) is 5.65. The summed E-state index contributed by atoms with van der Waals surface area (Å²) in [5.41, 5.74) is -0.117. The van der Waals surface area contributed by atoms with Crippen LogP contribution in [0, 0.1) is 0 Å². The Morgan fingerprint density at radius 1 is 1.50 bits per heavy atom. The van der Waals surface area contributed by atoms with Gasteiger partial charge in [0, 0.05) is 19.1 Å². The zero-order chi connectivity index (χ0) is 15.1. The minimum atomic E-state index is -1.13. The maximum absolute atomic E-state index is 11.6. The van der Waals surface area contributed by atoms with Crippen LogP contribution in [0.25, 0.3) is 0 Å². The molecular formula is C11H20N6O3. The van der Waals surface area contributed by atoms with Crippen molar-refractivity contribution in [3.8, 4) is 0 Å². The fraction of sp³-hybridized carbons (Fsp3) is 0.636. The zero-order valence-corrected chi connectivity index (χ0v) is 11.8. The molecule has 0 saturated carbocycles. The summed E-state index contributed by atoms with van der Waals surface area (Å²) in [5.74, 6) is -1.13. The number of carboxylic acid groups (broad SMARTS) is 1. The van der Waals surface area contributed by atoms with Gasteiger partial charge in [0.1, 0.15) is 0 Å². The highest BCUT2D eigenvalue weighted by molar-refractivity contribution is 5.84. The molecule has 1 rings (SSSR count). The Hall–Kier alpha value is -2.16. The maximum Gasteiger partial charge on any atom is 0.358 e. The molecule has 0 aliphatic heterocycles. The molecule has 0 saturated heterocycles. The first-order valence-electron chi connectivity index (χ1n) is 6.21. The van der Waals surface area contributed by atoms with Gasteiger partial charge in [0.05, 0.1) is 12.7 Å². The summed E-state index contributed by atoms with van der Waals surface area (Å²) >= 11 is 0. The van der Waals surface area contributed by atoms with Crippen molar-refractivity contribution in [3.63, 3.8) is 0 Å². The highest BCUT2D eigenvalue weighted by atomic mass is 16.4. The summed E-state index contributed by atoms with van der Waals surface area (Å²) in [7, 11) is 3.86. The number of amides is 2. The second kappa shape index (κ2) is 7.43. The van der Waals surface area contributed by atoms with Crippen molar-refractivity contribution in [3.05, 3.63) is 11.9 Å². The van der Waals surface area contributed by atoms with E-state index in [0.717, 1.165) is 6.54 Å². The lowest BCUT2D eigenvalue weighted by atomic mass is 10.3. The number of hydrogen-bond donors (Lipinski definition) is 3. The molecule has 1 aromatic rings. The van der Waals surface area contributed by atoms with E-state index in [9.17, 15) is 9.59 Å². The van der Waals surface area contributed by atoms with E-state index in [1.807, 2.05) is 25.9 Å². The Morgan fingerprint density at radius 2 is 2.20 bits per heavy atom. The lowest BCUT2D eigenvalue weighted by Crippen LogP contribution is -2.45. The van der Waals surface area contributed by atoms with E-state index >= 15 is 0 Å². The van der Waals surface area contributed by atoms with E-state index in [0.29, 0.717) is 13.1 Å². The van der Waals surface area contributed by atoms with Crippen LogP contribution >= 0.6 is 0 Å². The molecule has 0 bridgehead atoms. The van der Waals surface area contributed by atoms with Crippen LogP contribution in [0.15, 0.2) is 6.20 Å². The quantitative estimate of drug-likeness (QED) is 0.606. The zero-order valence-electron chi connectivity index (χ0n) is 11.8. The van der Waals surface area contributed by atoms with E-state index < -0.39 is 5.97 Å². The Bertz CT molecular complexity index is 459. The highest BCUT2D eigenvalue weighted by Gasteiger charge is 2.09. The molecule has 0 radical (unpaired) electrons. The Kier molecular flexibility index (Phi) is 5.91. The van der Waals surface area contributed by atoms with Crippen molar-refractivity contribution in [1.29, 1.82) is 0 Å². The highest BCUT2D eigenvalue weighted by Crippen LogP contribution is 1.92. The molecular weight excluding hydrogens is 264 g/mol. The van der Waals surface area contributed by atoms with Gasteiger partial charge in [0.15, 0.2) is 5.69 Å². The molecule has 0 spiro atoms. The van der Waals surface area contributed by atoms with Crippen LogP contribution in [0.1, 0.15) is 17.4 Å². The molecule has 0 aliphatic carbocycles. The smallest absolute Gasteiger partial charge is 0.358 e. The monoisotopic (exact) mass is 284 g/mol. The number of urea groups is 1.